The third-order valence-electron chi connectivity index (χ3n) is 6.73. The Hall–Kier alpha value is -1.06. The van der Waals surface area contributed by atoms with Gasteiger partial charge in [-0.2, -0.15) is 0 Å². The molecule has 7 atom stereocenters. The average Bonchev–Trinajstić information content (AvgIpc) is 2.70. The Labute approximate surface area is 125 Å². The van der Waals surface area contributed by atoms with Crippen molar-refractivity contribution in [2.75, 3.05) is 0 Å². The van der Waals surface area contributed by atoms with Gasteiger partial charge >= 0.3 is 0 Å². The Morgan fingerprint density at radius 3 is 2.86 bits per heavy atom. The van der Waals surface area contributed by atoms with Gasteiger partial charge in [0.2, 0.25) is 0 Å². The van der Waals surface area contributed by atoms with Crippen LogP contribution in [0.4, 0.5) is 0 Å². The molecule has 21 heavy (non-hydrogen) atoms. The van der Waals surface area contributed by atoms with E-state index in [1.54, 1.807) is 0 Å². The highest BCUT2D eigenvalue weighted by molar-refractivity contribution is 5.38. The first-order valence-electron chi connectivity index (χ1n) is 8.16. The minimum Gasteiger partial charge on any atom is -0.508 e. The van der Waals surface area contributed by atoms with Crippen molar-refractivity contribution in [3.63, 3.8) is 0 Å². The van der Waals surface area contributed by atoms with Crippen LogP contribution in [0.2, 0.25) is 0 Å². The fourth-order valence-corrected chi connectivity index (χ4v) is 5.57. The molecule has 0 heterocycles. The summed E-state index contributed by atoms with van der Waals surface area (Å²) in [5.74, 6) is 2.29. The van der Waals surface area contributed by atoms with Crippen LogP contribution in [0.1, 0.15) is 32.6 Å². The van der Waals surface area contributed by atoms with Gasteiger partial charge in [-0.15, -0.1) is 0 Å². The zero-order valence-electron chi connectivity index (χ0n) is 12.4. The molecule has 0 unspecified atom stereocenters. The molecule has 4 aliphatic rings. The van der Waals surface area contributed by atoms with Crippen molar-refractivity contribution in [1.82, 2.24) is 0 Å². The first-order valence-corrected chi connectivity index (χ1v) is 8.16. The van der Waals surface area contributed by atoms with Crippen LogP contribution in [0, 0.1) is 29.1 Å². The lowest BCUT2D eigenvalue weighted by Gasteiger charge is -2.51. The lowest BCUT2D eigenvalue weighted by Crippen LogP contribution is -2.46. The van der Waals surface area contributed by atoms with E-state index in [1.807, 2.05) is 12.2 Å². The van der Waals surface area contributed by atoms with Gasteiger partial charge in [-0.25, -0.2) is 0 Å². The minimum atomic E-state index is -0.570. The molecule has 3 heteroatoms. The molecule has 2 saturated carbocycles. The van der Waals surface area contributed by atoms with Crippen molar-refractivity contribution in [3.05, 3.63) is 35.6 Å². The van der Waals surface area contributed by atoms with Gasteiger partial charge in [0.25, 0.3) is 0 Å². The van der Waals surface area contributed by atoms with Crippen molar-refractivity contribution in [2.24, 2.45) is 29.1 Å². The Bertz CT molecular complexity index is 547. The second-order valence-electron chi connectivity index (χ2n) is 7.62. The van der Waals surface area contributed by atoms with Crippen molar-refractivity contribution < 1.29 is 15.3 Å². The quantitative estimate of drug-likeness (QED) is 0.642. The highest BCUT2D eigenvalue weighted by atomic mass is 16.3. The maximum atomic E-state index is 10.4. The molecule has 0 aromatic heterocycles. The van der Waals surface area contributed by atoms with Gasteiger partial charge in [-0.3, -0.25) is 0 Å². The standard InChI is InChI=1S/C18H24O3/c1-18-7-6-13-12-5-3-11(19)8-10(12)2-4-14(13)15(18)9-16(20)17(18)21/h2-3,5,8,12-17,19-21H,4,6-7,9H2,1H3/t12-,13+,14+,15-,16+,17-,18-/m0/s1. The van der Waals surface area contributed by atoms with Crippen LogP contribution in [-0.2, 0) is 0 Å². The number of hydrogen-bond donors (Lipinski definition) is 3. The normalized spacial score (nSPS) is 51.6. The van der Waals surface area contributed by atoms with Gasteiger partial charge in [-0.1, -0.05) is 19.1 Å². The van der Waals surface area contributed by atoms with Crippen LogP contribution in [0.3, 0.4) is 0 Å². The fourth-order valence-electron chi connectivity index (χ4n) is 5.57. The van der Waals surface area contributed by atoms with Gasteiger partial charge in [0.15, 0.2) is 0 Å². The summed E-state index contributed by atoms with van der Waals surface area (Å²) < 4.78 is 0. The number of fused-ring (bicyclic) bond motifs is 5. The van der Waals surface area contributed by atoms with E-state index in [1.165, 1.54) is 5.57 Å². The summed E-state index contributed by atoms with van der Waals surface area (Å²) in [6.07, 6.45) is 10.8. The number of hydrogen-bond acceptors (Lipinski definition) is 3. The molecular weight excluding hydrogens is 264 g/mol. The largest absolute Gasteiger partial charge is 0.508 e. The molecule has 2 fully saturated rings. The van der Waals surface area contributed by atoms with Crippen molar-refractivity contribution >= 4 is 0 Å². The van der Waals surface area contributed by atoms with Crippen LogP contribution in [0.25, 0.3) is 0 Å². The second-order valence-corrected chi connectivity index (χ2v) is 7.62. The summed E-state index contributed by atoms with van der Waals surface area (Å²) in [6, 6.07) is 0. The Morgan fingerprint density at radius 2 is 2.05 bits per heavy atom. The molecule has 0 aromatic rings. The Balaban J connectivity index is 1.68. The molecule has 0 aliphatic heterocycles. The van der Waals surface area contributed by atoms with Crippen LogP contribution in [0.5, 0.6) is 0 Å². The SMILES string of the molecule is C[C@]12CC[C@H]3[C@@H](CC=C4C=C(O)C=C[C@@H]43)[C@@H]1C[C@@H](O)[C@@H]2O. The zero-order chi connectivity index (χ0) is 14.8. The van der Waals surface area contributed by atoms with Crippen LogP contribution in [-0.4, -0.2) is 27.5 Å². The lowest BCUT2D eigenvalue weighted by atomic mass is 9.54. The molecule has 0 radical (unpaired) electrons. The Kier molecular flexibility index (Phi) is 2.89. The molecule has 4 aliphatic carbocycles. The number of rotatable bonds is 0. The van der Waals surface area contributed by atoms with Crippen molar-refractivity contribution in [3.8, 4) is 0 Å². The van der Waals surface area contributed by atoms with Crippen LogP contribution >= 0.6 is 0 Å². The predicted molar refractivity (Wildman–Crippen MR) is 80.5 cm³/mol. The summed E-state index contributed by atoms with van der Waals surface area (Å²) in [4.78, 5) is 0. The molecular formula is C18H24O3. The summed E-state index contributed by atoms with van der Waals surface area (Å²) in [7, 11) is 0. The monoisotopic (exact) mass is 288 g/mol. The van der Waals surface area contributed by atoms with E-state index in [0.717, 1.165) is 25.7 Å². The van der Waals surface area contributed by atoms with E-state index in [4.69, 9.17) is 0 Å². The number of aliphatic hydroxyl groups is 3. The topological polar surface area (TPSA) is 60.7 Å². The summed E-state index contributed by atoms with van der Waals surface area (Å²) in [6.45, 7) is 2.16. The fraction of sp³-hybridized carbons (Fsp3) is 0.667. The van der Waals surface area contributed by atoms with E-state index in [-0.39, 0.29) is 5.41 Å². The number of allylic oxidation sites excluding steroid dienone is 5. The average molecular weight is 288 g/mol. The molecule has 0 bridgehead atoms. The first kappa shape index (κ1) is 13.6. The van der Waals surface area contributed by atoms with Gasteiger partial charge in [0, 0.05) is 5.92 Å². The van der Waals surface area contributed by atoms with Crippen molar-refractivity contribution in [1.29, 1.82) is 0 Å². The van der Waals surface area contributed by atoms with Gasteiger partial charge in [-0.05, 0) is 66.6 Å². The van der Waals surface area contributed by atoms with Crippen LogP contribution in [0.15, 0.2) is 35.6 Å². The van der Waals surface area contributed by atoms with E-state index in [2.05, 4.69) is 19.1 Å². The van der Waals surface area contributed by atoms with E-state index < -0.39 is 12.2 Å². The molecule has 0 amide bonds. The maximum Gasteiger partial charge on any atom is 0.115 e. The van der Waals surface area contributed by atoms with Crippen LogP contribution < -0.4 is 0 Å². The molecule has 3 N–H and O–H groups in total. The van der Waals surface area contributed by atoms with E-state index >= 15 is 0 Å². The molecule has 4 rings (SSSR count). The molecule has 3 nitrogen and oxygen atoms in total. The molecule has 114 valence electrons. The third kappa shape index (κ3) is 1.80. The molecule has 0 spiro atoms. The number of aliphatic hydroxyl groups excluding tert-OH is 3. The van der Waals surface area contributed by atoms with Gasteiger partial charge < -0.3 is 15.3 Å². The zero-order valence-corrected chi connectivity index (χ0v) is 12.4. The van der Waals surface area contributed by atoms with Gasteiger partial charge in [0.05, 0.1) is 12.2 Å². The maximum absolute atomic E-state index is 10.4. The minimum absolute atomic E-state index is 0.123. The smallest absolute Gasteiger partial charge is 0.115 e. The van der Waals surface area contributed by atoms with E-state index in [0.29, 0.717) is 29.4 Å². The summed E-state index contributed by atoms with van der Waals surface area (Å²) in [5.41, 5.74) is 1.13. The highest BCUT2D eigenvalue weighted by Gasteiger charge is 2.58. The van der Waals surface area contributed by atoms with Gasteiger partial charge in [0.1, 0.15) is 5.76 Å². The van der Waals surface area contributed by atoms with Crippen molar-refractivity contribution in [2.45, 2.75) is 44.8 Å². The third-order valence-corrected chi connectivity index (χ3v) is 6.73. The molecule has 0 saturated heterocycles. The lowest BCUT2D eigenvalue weighted by molar-refractivity contribution is -0.0611. The summed E-state index contributed by atoms with van der Waals surface area (Å²) in [5, 5.41) is 30.2. The Morgan fingerprint density at radius 1 is 1.24 bits per heavy atom. The second kappa shape index (κ2) is 4.47. The first-order chi connectivity index (χ1) is 10.0. The predicted octanol–water partition coefficient (Wildman–Crippen LogP) is 2.72. The summed E-state index contributed by atoms with van der Waals surface area (Å²) >= 11 is 0. The highest BCUT2D eigenvalue weighted by Crippen LogP contribution is 2.60. The van der Waals surface area contributed by atoms with E-state index in [9.17, 15) is 15.3 Å². The molecule has 0 aromatic carbocycles.